The van der Waals surface area contributed by atoms with Crippen LogP contribution in [0.3, 0.4) is 0 Å². The first-order chi connectivity index (χ1) is 9.41. The summed E-state index contributed by atoms with van der Waals surface area (Å²) in [7, 11) is 0. The smallest absolute Gasteiger partial charge is 0.235 e. The molecule has 0 aromatic carbocycles. The standard InChI is InChI=1S/C15H28N4O/c1-5-18-7-6-8-19(10-9-18)11-14(20)17-15(4,12-16)13(2)3/h13H,5-11H2,1-4H3,(H,17,20)/t15-/m0/s1. The molecule has 1 heterocycles. The molecular weight excluding hydrogens is 252 g/mol. The first-order valence-corrected chi connectivity index (χ1v) is 7.58. The molecule has 114 valence electrons. The Bertz CT molecular complexity index is 363. The van der Waals surface area contributed by atoms with E-state index in [1.54, 1.807) is 6.92 Å². The molecule has 0 unspecified atom stereocenters. The molecule has 0 saturated carbocycles. The van der Waals surface area contributed by atoms with E-state index in [0.717, 1.165) is 39.1 Å². The van der Waals surface area contributed by atoms with Gasteiger partial charge in [0.1, 0.15) is 5.54 Å². The van der Waals surface area contributed by atoms with Crippen molar-refractivity contribution < 1.29 is 4.79 Å². The van der Waals surface area contributed by atoms with Gasteiger partial charge in [0.2, 0.25) is 5.91 Å². The van der Waals surface area contributed by atoms with Crippen LogP contribution in [0.1, 0.15) is 34.1 Å². The van der Waals surface area contributed by atoms with E-state index in [4.69, 9.17) is 0 Å². The van der Waals surface area contributed by atoms with Gasteiger partial charge in [-0.2, -0.15) is 5.26 Å². The number of nitrogens with one attached hydrogen (secondary N) is 1. The SMILES string of the molecule is CCN1CCCN(CC(=O)N[C@@](C)(C#N)C(C)C)CC1. The lowest BCUT2D eigenvalue weighted by Gasteiger charge is -2.29. The number of amides is 1. The van der Waals surface area contributed by atoms with Crippen molar-refractivity contribution in [3.05, 3.63) is 0 Å². The monoisotopic (exact) mass is 280 g/mol. The third-order valence-corrected chi connectivity index (χ3v) is 4.28. The van der Waals surface area contributed by atoms with Crippen LogP contribution in [0.4, 0.5) is 0 Å². The van der Waals surface area contributed by atoms with Gasteiger partial charge in [-0.05, 0) is 38.9 Å². The zero-order chi connectivity index (χ0) is 15.2. The van der Waals surface area contributed by atoms with Crippen molar-refractivity contribution >= 4 is 5.91 Å². The van der Waals surface area contributed by atoms with Crippen molar-refractivity contribution in [2.45, 2.75) is 39.7 Å². The largest absolute Gasteiger partial charge is 0.337 e. The number of likely N-dealkylation sites (N-methyl/N-ethyl adjacent to an activating group) is 1. The number of carbonyl (C=O) groups is 1. The first-order valence-electron chi connectivity index (χ1n) is 7.58. The minimum absolute atomic E-state index is 0.0484. The van der Waals surface area contributed by atoms with Gasteiger partial charge in [-0.3, -0.25) is 9.69 Å². The van der Waals surface area contributed by atoms with Crippen LogP contribution in [0.5, 0.6) is 0 Å². The predicted molar refractivity (Wildman–Crippen MR) is 80.2 cm³/mol. The van der Waals surface area contributed by atoms with Crippen LogP contribution in [0.15, 0.2) is 0 Å². The average Bonchev–Trinajstić information content (AvgIpc) is 2.63. The van der Waals surface area contributed by atoms with E-state index < -0.39 is 5.54 Å². The summed E-state index contributed by atoms with van der Waals surface area (Å²) in [6.45, 7) is 13.3. The van der Waals surface area contributed by atoms with E-state index >= 15 is 0 Å². The topological polar surface area (TPSA) is 59.4 Å². The molecule has 1 saturated heterocycles. The fourth-order valence-corrected chi connectivity index (χ4v) is 2.33. The fraction of sp³-hybridized carbons (Fsp3) is 0.867. The molecule has 0 spiro atoms. The van der Waals surface area contributed by atoms with Crippen molar-refractivity contribution in [2.75, 3.05) is 39.3 Å². The Morgan fingerprint density at radius 3 is 2.45 bits per heavy atom. The Labute approximate surface area is 122 Å². The third-order valence-electron chi connectivity index (χ3n) is 4.28. The maximum absolute atomic E-state index is 12.1. The summed E-state index contributed by atoms with van der Waals surface area (Å²) >= 11 is 0. The molecule has 0 bridgehead atoms. The molecule has 5 heteroatoms. The molecule has 20 heavy (non-hydrogen) atoms. The summed E-state index contributed by atoms with van der Waals surface area (Å²) in [4.78, 5) is 16.7. The van der Waals surface area contributed by atoms with Crippen molar-refractivity contribution in [2.24, 2.45) is 5.92 Å². The van der Waals surface area contributed by atoms with E-state index in [-0.39, 0.29) is 11.8 Å². The summed E-state index contributed by atoms with van der Waals surface area (Å²) in [6, 6.07) is 2.22. The van der Waals surface area contributed by atoms with Gasteiger partial charge >= 0.3 is 0 Å². The number of nitriles is 1. The van der Waals surface area contributed by atoms with Crippen LogP contribution in [-0.4, -0.2) is 60.5 Å². The zero-order valence-corrected chi connectivity index (χ0v) is 13.3. The van der Waals surface area contributed by atoms with Crippen molar-refractivity contribution in [1.29, 1.82) is 5.26 Å². The molecule has 1 rings (SSSR count). The van der Waals surface area contributed by atoms with Crippen molar-refractivity contribution in [3.8, 4) is 6.07 Å². The Hall–Kier alpha value is -1.12. The zero-order valence-electron chi connectivity index (χ0n) is 13.3. The van der Waals surface area contributed by atoms with Crippen molar-refractivity contribution in [1.82, 2.24) is 15.1 Å². The highest BCUT2D eigenvalue weighted by Crippen LogP contribution is 2.15. The number of nitrogens with zero attached hydrogens (tertiary/aromatic N) is 3. The van der Waals surface area contributed by atoms with Gasteiger partial charge in [-0.15, -0.1) is 0 Å². The lowest BCUT2D eigenvalue weighted by molar-refractivity contribution is -0.123. The lowest BCUT2D eigenvalue weighted by Crippen LogP contribution is -2.52. The molecule has 0 aliphatic carbocycles. The van der Waals surface area contributed by atoms with E-state index in [9.17, 15) is 10.1 Å². The van der Waals surface area contributed by atoms with Crippen LogP contribution >= 0.6 is 0 Å². The molecular formula is C15H28N4O. The van der Waals surface area contributed by atoms with Crippen LogP contribution in [-0.2, 0) is 4.79 Å². The van der Waals surface area contributed by atoms with E-state index in [0.29, 0.717) is 6.54 Å². The Morgan fingerprint density at radius 2 is 1.90 bits per heavy atom. The molecule has 1 fully saturated rings. The second-order valence-electron chi connectivity index (χ2n) is 6.08. The van der Waals surface area contributed by atoms with Gasteiger partial charge < -0.3 is 10.2 Å². The quantitative estimate of drug-likeness (QED) is 0.818. The van der Waals surface area contributed by atoms with Crippen molar-refractivity contribution in [3.63, 3.8) is 0 Å². The second kappa shape index (κ2) is 7.61. The van der Waals surface area contributed by atoms with Crippen LogP contribution in [0.2, 0.25) is 0 Å². The molecule has 1 amide bonds. The number of hydrogen-bond acceptors (Lipinski definition) is 4. The third kappa shape index (κ3) is 4.77. The first kappa shape index (κ1) is 16.9. The van der Waals surface area contributed by atoms with Gasteiger partial charge in [-0.1, -0.05) is 20.8 Å². The molecule has 1 aliphatic rings. The van der Waals surface area contributed by atoms with Gasteiger partial charge in [0.05, 0.1) is 12.6 Å². The number of hydrogen-bond donors (Lipinski definition) is 1. The molecule has 1 aliphatic heterocycles. The highest BCUT2D eigenvalue weighted by atomic mass is 16.2. The van der Waals surface area contributed by atoms with Gasteiger partial charge in [0, 0.05) is 13.1 Å². The van der Waals surface area contributed by atoms with Gasteiger partial charge in [0.15, 0.2) is 0 Å². The highest BCUT2D eigenvalue weighted by molar-refractivity contribution is 5.79. The molecule has 0 aromatic heterocycles. The number of carbonyl (C=O) groups excluding carboxylic acids is 1. The molecule has 1 N–H and O–H groups in total. The summed E-state index contributed by atoms with van der Waals surface area (Å²) in [6.07, 6.45) is 1.10. The molecule has 1 atom stereocenters. The van der Waals surface area contributed by atoms with E-state index in [1.165, 1.54) is 0 Å². The maximum atomic E-state index is 12.1. The number of rotatable bonds is 5. The summed E-state index contributed by atoms with van der Waals surface area (Å²) < 4.78 is 0. The summed E-state index contributed by atoms with van der Waals surface area (Å²) in [5.74, 6) is 0.0452. The highest BCUT2D eigenvalue weighted by Gasteiger charge is 2.30. The Morgan fingerprint density at radius 1 is 1.30 bits per heavy atom. The second-order valence-corrected chi connectivity index (χ2v) is 6.08. The van der Waals surface area contributed by atoms with Crippen LogP contribution < -0.4 is 5.32 Å². The van der Waals surface area contributed by atoms with E-state index in [1.807, 2.05) is 13.8 Å². The summed E-state index contributed by atoms with van der Waals surface area (Å²) in [5.41, 5.74) is -0.779. The lowest BCUT2D eigenvalue weighted by atomic mass is 9.90. The minimum Gasteiger partial charge on any atom is -0.337 e. The summed E-state index contributed by atoms with van der Waals surface area (Å²) in [5, 5.41) is 12.1. The van der Waals surface area contributed by atoms with Crippen LogP contribution in [0, 0.1) is 17.2 Å². The fourth-order valence-electron chi connectivity index (χ4n) is 2.33. The maximum Gasteiger partial charge on any atom is 0.235 e. The van der Waals surface area contributed by atoms with Crippen LogP contribution in [0.25, 0.3) is 0 Å². The Balaban J connectivity index is 2.48. The Kier molecular flexibility index (Phi) is 6.44. The molecule has 0 aromatic rings. The molecule has 0 radical (unpaired) electrons. The normalized spacial score (nSPS) is 21.0. The average molecular weight is 280 g/mol. The van der Waals surface area contributed by atoms with Gasteiger partial charge in [0.25, 0.3) is 0 Å². The van der Waals surface area contributed by atoms with Gasteiger partial charge in [-0.25, -0.2) is 0 Å². The molecule has 5 nitrogen and oxygen atoms in total. The van der Waals surface area contributed by atoms with E-state index in [2.05, 4.69) is 28.1 Å². The minimum atomic E-state index is -0.779. The predicted octanol–water partition coefficient (Wildman–Crippen LogP) is 1.07.